The molecule has 2 rings (SSSR count). The highest BCUT2D eigenvalue weighted by Gasteiger charge is 2.25. The lowest BCUT2D eigenvalue weighted by atomic mass is 10.0. The highest BCUT2D eigenvalue weighted by molar-refractivity contribution is 5.68. The minimum atomic E-state index is -0.812. The van der Waals surface area contributed by atoms with E-state index < -0.39 is 23.8 Å². The summed E-state index contributed by atoms with van der Waals surface area (Å²) in [5.41, 5.74) is 1.39. The van der Waals surface area contributed by atoms with Crippen molar-refractivity contribution in [2.24, 2.45) is 0 Å². The predicted molar refractivity (Wildman–Crippen MR) is 121 cm³/mol. The van der Waals surface area contributed by atoms with Crippen LogP contribution in [0, 0.1) is 0 Å². The molecule has 0 fully saturated rings. The monoisotopic (exact) mass is 430 g/mol. The van der Waals surface area contributed by atoms with Crippen LogP contribution in [0.1, 0.15) is 31.9 Å². The van der Waals surface area contributed by atoms with E-state index >= 15 is 0 Å². The zero-order chi connectivity index (χ0) is 22.9. The first-order chi connectivity index (χ1) is 14.7. The van der Waals surface area contributed by atoms with Gasteiger partial charge in [0.05, 0.1) is 26.4 Å². The fourth-order valence-electron chi connectivity index (χ4n) is 3.11. The molecule has 0 aliphatic rings. The molecule has 3 N–H and O–H groups in total. The summed E-state index contributed by atoms with van der Waals surface area (Å²) in [5.74, 6) is 1.31. The number of amides is 1. The normalized spacial score (nSPS) is 13.2. The van der Waals surface area contributed by atoms with Crippen LogP contribution >= 0.6 is 0 Å². The van der Waals surface area contributed by atoms with Crippen molar-refractivity contribution in [3.8, 4) is 11.5 Å². The highest BCUT2D eigenvalue weighted by atomic mass is 16.6. The number of carbonyl (C=O) groups is 1. The minimum absolute atomic E-state index is 0.293. The lowest BCUT2D eigenvalue weighted by Gasteiger charge is -2.27. The average Bonchev–Trinajstić information content (AvgIpc) is 2.72. The van der Waals surface area contributed by atoms with Crippen molar-refractivity contribution in [2.45, 2.75) is 51.5 Å². The van der Waals surface area contributed by atoms with Crippen LogP contribution in [0.15, 0.2) is 48.5 Å². The molecule has 7 heteroatoms. The van der Waals surface area contributed by atoms with Gasteiger partial charge in [-0.1, -0.05) is 36.4 Å². The molecule has 0 bridgehead atoms. The first-order valence-corrected chi connectivity index (χ1v) is 10.3. The van der Waals surface area contributed by atoms with Crippen LogP contribution in [0.5, 0.6) is 11.5 Å². The number of aliphatic hydroxyl groups is 1. The van der Waals surface area contributed by atoms with Crippen LogP contribution in [-0.2, 0) is 17.7 Å². The van der Waals surface area contributed by atoms with E-state index in [4.69, 9.17) is 14.2 Å². The third-order valence-electron chi connectivity index (χ3n) is 4.60. The molecule has 0 spiro atoms. The summed E-state index contributed by atoms with van der Waals surface area (Å²) in [6.45, 7) is 6.24. The largest absolute Gasteiger partial charge is 0.493 e. The summed E-state index contributed by atoms with van der Waals surface area (Å²) in [5, 5.41) is 16.9. The number of aliphatic hydroxyl groups excluding tert-OH is 1. The molecular weight excluding hydrogens is 396 g/mol. The fraction of sp³-hybridized carbons (Fsp3) is 0.458. The lowest BCUT2D eigenvalue weighted by molar-refractivity contribution is 0.0422. The van der Waals surface area contributed by atoms with E-state index in [2.05, 4.69) is 10.6 Å². The van der Waals surface area contributed by atoms with Crippen molar-refractivity contribution in [1.29, 1.82) is 0 Å². The van der Waals surface area contributed by atoms with Gasteiger partial charge in [0.2, 0.25) is 0 Å². The van der Waals surface area contributed by atoms with Gasteiger partial charge in [-0.25, -0.2) is 4.79 Å². The third-order valence-corrected chi connectivity index (χ3v) is 4.60. The second-order valence-electron chi connectivity index (χ2n) is 8.33. The van der Waals surface area contributed by atoms with Crippen LogP contribution in [0.2, 0.25) is 0 Å². The maximum atomic E-state index is 12.3. The maximum Gasteiger partial charge on any atom is 0.407 e. The Hall–Kier alpha value is -2.77. The van der Waals surface area contributed by atoms with Gasteiger partial charge in [-0.3, -0.25) is 0 Å². The number of carbonyl (C=O) groups excluding carboxylic acids is 1. The van der Waals surface area contributed by atoms with E-state index in [1.807, 2.05) is 48.5 Å². The number of rotatable bonds is 10. The molecule has 170 valence electrons. The summed E-state index contributed by atoms with van der Waals surface area (Å²) in [7, 11) is 3.19. The van der Waals surface area contributed by atoms with Crippen LogP contribution in [0.3, 0.4) is 0 Å². The van der Waals surface area contributed by atoms with Gasteiger partial charge < -0.3 is 30.0 Å². The third kappa shape index (κ3) is 8.47. The zero-order valence-corrected chi connectivity index (χ0v) is 19.0. The van der Waals surface area contributed by atoms with Crippen molar-refractivity contribution in [3.05, 3.63) is 59.7 Å². The van der Waals surface area contributed by atoms with Crippen molar-refractivity contribution in [3.63, 3.8) is 0 Å². The molecule has 2 aromatic rings. The molecule has 0 saturated carbocycles. The Balaban J connectivity index is 1.99. The molecule has 0 saturated heterocycles. The SMILES string of the molecule is COc1ccc(CNC[C@H](O)[C@H](Cc2ccccc2)NC(=O)OC(C)(C)C)cc1OC. The smallest absolute Gasteiger partial charge is 0.407 e. The lowest BCUT2D eigenvalue weighted by Crippen LogP contribution is -2.49. The summed E-state index contributed by atoms with van der Waals surface area (Å²) in [6.07, 6.45) is -0.875. The molecule has 31 heavy (non-hydrogen) atoms. The topological polar surface area (TPSA) is 89.1 Å². The molecule has 0 heterocycles. The number of hydrogen-bond donors (Lipinski definition) is 3. The van der Waals surface area contributed by atoms with E-state index in [9.17, 15) is 9.90 Å². The fourth-order valence-corrected chi connectivity index (χ4v) is 3.11. The molecule has 0 radical (unpaired) electrons. The summed E-state index contributed by atoms with van der Waals surface area (Å²) in [6, 6.07) is 14.9. The van der Waals surface area contributed by atoms with E-state index in [1.54, 1.807) is 35.0 Å². The summed E-state index contributed by atoms with van der Waals surface area (Å²) in [4.78, 5) is 12.3. The molecule has 1 amide bonds. The zero-order valence-electron chi connectivity index (χ0n) is 19.0. The molecule has 2 aromatic carbocycles. The minimum Gasteiger partial charge on any atom is -0.493 e. The van der Waals surface area contributed by atoms with Gasteiger partial charge in [-0.15, -0.1) is 0 Å². The van der Waals surface area contributed by atoms with E-state index in [-0.39, 0.29) is 0 Å². The molecule has 0 aliphatic heterocycles. The van der Waals surface area contributed by atoms with Crippen LogP contribution in [-0.4, -0.2) is 49.7 Å². The Morgan fingerprint density at radius 2 is 1.68 bits per heavy atom. The molecular formula is C24H34N2O5. The molecule has 2 atom stereocenters. The number of hydrogen-bond acceptors (Lipinski definition) is 6. The standard InChI is InChI=1S/C24H34N2O5/c1-24(2,3)31-23(28)26-19(13-17-9-7-6-8-10-17)20(27)16-25-15-18-11-12-21(29-4)22(14-18)30-5/h6-12,14,19-20,25,27H,13,15-16H2,1-5H3,(H,26,28)/t19-,20-/m0/s1. The van der Waals surface area contributed by atoms with Gasteiger partial charge in [0.1, 0.15) is 5.60 Å². The average molecular weight is 431 g/mol. The summed E-state index contributed by atoms with van der Waals surface area (Å²) >= 11 is 0. The van der Waals surface area contributed by atoms with Gasteiger partial charge in [0, 0.05) is 13.1 Å². The number of methoxy groups -OCH3 is 2. The molecule has 0 aliphatic carbocycles. The van der Waals surface area contributed by atoms with Crippen LogP contribution in [0.25, 0.3) is 0 Å². The van der Waals surface area contributed by atoms with Crippen molar-refractivity contribution >= 4 is 6.09 Å². The summed E-state index contributed by atoms with van der Waals surface area (Å²) < 4.78 is 16.0. The van der Waals surface area contributed by atoms with Crippen LogP contribution in [0.4, 0.5) is 4.79 Å². The Morgan fingerprint density at radius 3 is 2.29 bits per heavy atom. The quantitative estimate of drug-likeness (QED) is 0.536. The number of benzene rings is 2. The van der Waals surface area contributed by atoms with E-state index in [0.29, 0.717) is 31.0 Å². The van der Waals surface area contributed by atoms with E-state index in [0.717, 1.165) is 11.1 Å². The van der Waals surface area contributed by atoms with Gasteiger partial charge >= 0.3 is 6.09 Å². The Morgan fingerprint density at radius 1 is 1.00 bits per heavy atom. The number of ether oxygens (including phenoxy) is 3. The Kier molecular flexibility index (Phi) is 9.15. The Labute approximate surface area is 184 Å². The van der Waals surface area contributed by atoms with Gasteiger partial charge in [0.25, 0.3) is 0 Å². The first kappa shape index (κ1) is 24.5. The first-order valence-electron chi connectivity index (χ1n) is 10.3. The highest BCUT2D eigenvalue weighted by Crippen LogP contribution is 2.27. The molecule has 7 nitrogen and oxygen atoms in total. The number of alkyl carbamates (subject to hydrolysis) is 1. The molecule has 0 unspecified atom stereocenters. The second kappa shape index (κ2) is 11.6. The molecule has 0 aromatic heterocycles. The van der Waals surface area contributed by atoms with Crippen LogP contribution < -0.4 is 20.1 Å². The Bertz CT molecular complexity index is 820. The number of nitrogens with one attached hydrogen (secondary N) is 2. The predicted octanol–water partition coefficient (Wildman–Crippen LogP) is 3.29. The van der Waals surface area contributed by atoms with Gasteiger partial charge in [-0.05, 0) is 50.5 Å². The van der Waals surface area contributed by atoms with Crippen molar-refractivity contribution in [2.75, 3.05) is 20.8 Å². The van der Waals surface area contributed by atoms with Gasteiger partial charge in [-0.2, -0.15) is 0 Å². The maximum absolute atomic E-state index is 12.3. The van der Waals surface area contributed by atoms with Crippen molar-refractivity contribution < 1.29 is 24.1 Å². The van der Waals surface area contributed by atoms with E-state index in [1.165, 1.54) is 0 Å². The second-order valence-corrected chi connectivity index (χ2v) is 8.33. The van der Waals surface area contributed by atoms with Crippen molar-refractivity contribution in [1.82, 2.24) is 10.6 Å². The van der Waals surface area contributed by atoms with Gasteiger partial charge in [0.15, 0.2) is 11.5 Å².